The number of carbonyl (C=O) groups excluding carboxylic acids is 2. The van der Waals surface area contributed by atoms with E-state index in [9.17, 15) is 9.59 Å². The van der Waals surface area contributed by atoms with Gasteiger partial charge in [-0.1, -0.05) is 19.1 Å². The third-order valence-corrected chi connectivity index (χ3v) is 5.71. The van der Waals surface area contributed by atoms with Crippen LogP contribution in [0.5, 0.6) is 0 Å². The number of piperazine rings is 1. The van der Waals surface area contributed by atoms with Gasteiger partial charge in [-0.15, -0.1) is 35.3 Å². The van der Waals surface area contributed by atoms with Crippen LogP contribution in [0.1, 0.15) is 32.7 Å². The number of halogens is 1. The molecule has 1 fully saturated rings. The normalized spacial score (nSPS) is 14.0. The summed E-state index contributed by atoms with van der Waals surface area (Å²) < 4.78 is 0. The van der Waals surface area contributed by atoms with Crippen LogP contribution in [-0.2, 0) is 24.3 Å². The largest absolute Gasteiger partial charge is 0.353 e. The molecule has 1 saturated heterocycles. The number of hydrogen-bond acceptors (Lipinski definition) is 5. The van der Waals surface area contributed by atoms with Crippen LogP contribution < -0.4 is 16.0 Å². The molecular weight excluding hydrogens is 515 g/mol. The molecule has 0 aliphatic carbocycles. The Labute approximate surface area is 197 Å². The molecule has 3 N–H and O–H groups in total. The van der Waals surface area contributed by atoms with E-state index in [-0.39, 0.29) is 42.3 Å². The van der Waals surface area contributed by atoms with Crippen molar-refractivity contribution < 1.29 is 9.59 Å². The Morgan fingerprint density at radius 1 is 1.27 bits per heavy atom. The number of guanidine groups is 1. The summed E-state index contributed by atoms with van der Waals surface area (Å²) >= 11 is 1.70. The van der Waals surface area contributed by atoms with E-state index in [0.717, 1.165) is 17.0 Å². The summed E-state index contributed by atoms with van der Waals surface area (Å²) in [6, 6.07) is 7.41. The van der Waals surface area contributed by atoms with Gasteiger partial charge in [-0.05, 0) is 24.1 Å². The first kappa shape index (κ1) is 24.1. The molecule has 10 heteroatoms. The van der Waals surface area contributed by atoms with Crippen LogP contribution in [0, 0.1) is 0 Å². The van der Waals surface area contributed by atoms with Gasteiger partial charge in [-0.2, -0.15) is 0 Å². The van der Waals surface area contributed by atoms with Gasteiger partial charge < -0.3 is 20.9 Å². The maximum Gasteiger partial charge on any atom is 0.254 e. The van der Waals surface area contributed by atoms with Crippen molar-refractivity contribution in [2.45, 2.75) is 26.4 Å². The van der Waals surface area contributed by atoms with Gasteiger partial charge in [0.25, 0.3) is 5.91 Å². The van der Waals surface area contributed by atoms with Crippen molar-refractivity contribution in [1.29, 1.82) is 0 Å². The molecule has 0 spiro atoms. The number of aliphatic imine (C=N–C) groups is 1. The lowest BCUT2D eigenvalue weighted by molar-refractivity contribution is -0.123. The zero-order chi connectivity index (χ0) is 20.6. The Kier molecular flexibility index (Phi) is 9.50. The molecule has 1 aliphatic heterocycles. The molecule has 0 atom stereocenters. The molecule has 30 heavy (non-hydrogen) atoms. The highest BCUT2D eigenvalue weighted by Crippen LogP contribution is 2.13. The zero-order valence-corrected chi connectivity index (χ0v) is 20.3. The van der Waals surface area contributed by atoms with Gasteiger partial charge in [0.1, 0.15) is 5.01 Å². The van der Waals surface area contributed by atoms with Crippen molar-refractivity contribution in [2.24, 2.45) is 4.99 Å². The summed E-state index contributed by atoms with van der Waals surface area (Å²) in [4.78, 5) is 35.4. The van der Waals surface area contributed by atoms with Crippen molar-refractivity contribution in [3.05, 3.63) is 51.5 Å². The first-order chi connectivity index (χ1) is 14.1. The van der Waals surface area contributed by atoms with Gasteiger partial charge in [0.05, 0.1) is 13.1 Å². The topological polar surface area (TPSA) is 98.7 Å². The number of aromatic nitrogens is 1. The van der Waals surface area contributed by atoms with Crippen LogP contribution >= 0.6 is 35.3 Å². The number of nitrogens with one attached hydrogen (secondary N) is 3. The molecular formula is C20H27IN6O2S. The number of aryl methyl sites for hydroxylation is 1. The molecule has 2 aromatic rings. The van der Waals surface area contributed by atoms with Gasteiger partial charge in [-0.25, -0.2) is 4.98 Å². The first-order valence-corrected chi connectivity index (χ1v) is 10.4. The average Bonchev–Trinajstić information content (AvgIpc) is 3.22. The smallest absolute Gasteiger partial charge is 0.254 e. The van der Waals surface area contributed by atoms with Gasteiger partial charge in [0, 0.05) is 43.3 Å². The SMILES string of the molecule is CCc1cnc(CNC(=NC)NCc2ccc(C(=O)N3CCNC(=O)C3)cc2)s1.I. The summed E-state index contributed by atoms with van der Waals surface area (Å²) in [6.45, 7) is 4.48. The number of benzene rings is 1. The van der Waals surface area contributed by atoms with E-state index < -0.39 is 0 Å². The fourth-order valence-corrected chi connectivity index (χ4v) is 3.72. The third-order valence-electron chi connectivity index (χ3n) is 4.57. The van der Waals surface area contributed by atoms with Crippen molar-refractivity contribution in [1.82, 2.24) is 25.8 Å². The molecule has 0 radical (unpaired) electrons. The number of carbonyl (C=O) groups is 2. The van der Waals surface area contributed by atoms with Crippen molar-refractivity contribution in [3.8, 4) is 0 Å². The van der Waals surface area contributed by atoms with Crippen molar-refractivity contribution >= 4 is 53.1 Å². The van der Waals surface area contributed by atoms with E-state index in [1.54, 1.807) is 35.4 Å². The average molecular weight is 542 g/mol. The number of rotatable bonds is 6. The number of thiazole rings is 1. The second-order valence-corrected chi connectivity index (χ2v) is 7.83. The third kappa shape index (κ3) is 6.66. The lowest BCUT2D eigenvalue weighted by Crippen LogP contribution is -2.49. The number of amides is 2. The quantitative estimate of drug-likeness (QED) is 0.294. The van der Waals surface area contributed by atoms with E-state index in [4.69, 9.17) is 0 Å². The fourth-order valence-electron chi connectivity index (χ4n) is 2.92. The Bertz CT molecular complexity index is 884. The molecule has 0 bridgehead atoms. The molecule has 2 amide bonds. The summed E-state index contributed by atoms with van der Waals surface area (Å²) in [6.07, 6.45) is 2.91. The predicted octanol–water partition coefficient (Wildman–Crippen LogP) is 1.76. The number of nitrogens with zero attached hydrogens (tertiary/aromatic N) is 3. The molecule has 2 heterocycles. The monoisotopic (exact) mass is 542 g/mol. The van der Waals surface area contributed by atoms with Crippen LogP contribution in [0.4, 0.5) is 0 Å². The van der Waals surface area contributed by atoms with Gasteiger partial charge in [-0.3, -0.25) is 14.6 Å². The molecule has 1 aliphatic rings. The summed E-state index contributed by atoms with van der Waals surface area (Å²) in [5, 5.41) is 10.3. The standard InChI is InChI=1S/C20H26N6O2S.HI/c1-3-16-11-23-18(29-16)12-25-20(21-2)24-10-14-4-6-15(7-5-14)19(28)26-9-8-22-17(27)13-26;/h4-7,11H,3,8-10,12-13H2,1-2H3,(H,22,27)(H2,21,24,25);1H. The lowest BCUT2D eigenvalue weighted by Gasteiger charge is -2.26. The maximum atomic E-state index is 12.5. The summed E-state index contributed by atoms with van der Waals surface area (Å²) in [5.74, 6) is 0.456. The van der Waals surface area contributed by atoms with Gasteiger partial charge in [0.15, 0.2) is 5.96 Å². The summed E-state index contributed by atoms with van der Waals surface area (Å²) in [7, 11) is 1.73. The molecule has 3 rings (SSSR count). The van der Waals surface area contributed by atoms with Crippen LogP contribution in [0.2, 0.25) is 0 Å². The maximum absolute atomic E-state index is 12.5. The Morgan fingerprint density at radius 2 is 2.00 bits per heavy atom. The summed E-state index contributed by atoms with van der Waals surface area (Å²) in [5.41, 5.74) is 1.62. The van der Waals surface area contributed by atoms with E-state index in [0.29, 0.717) is 37.7 Å². The Morgan fingerprint density at radius 3 is 2.63 bits per heavy atom. The highest BCUT2D eigenvalue weighted by molar-refractivity contribution is 14.0. The van der Waals surface area contributed by atoms with Crippen LogP contribution in [0.15, 0.2) is 35.5 Å². The minimum Gasteiger partial charge on any atom is -0.353 e. The Balaban J connectivity index is 0.00000320. The zero-order valence-electron chi connectivity index (χ0n) is 17.1. The van der Waals surface area contributed by atoms with Gasteiger partial charge >= 0.3 is 0 Å². The highest BCUT2D eigenvalue weighted by Gasteiger charge is 2.22. The second-order valence-electron chi connectivity index (χ2n) is 6.63. The minimum absolute atomic E-state index is 0. The molecule has 162 valence electrons. The van der Waals surface area contributed by atoms with E-state index in [1.807, 2.05) is 18.3 Å². The van der Waals surface area contributed by atoms with Crippen molar-refractivity contribution in [3.63, 3.8) is 0 Å². The van der Waals surface area contributed by atoms with Crippen LogP contribution in [-0.4, -0.2) is 54.3 Å². The van der Waals surface area contributed by atoms with Crippen LogP contribution in [0.25, 0.3) is 0 Å². The molecule has 1 aromatic heterocycles. The van der Waals surface area contributed by atoms with E-state index in [2.05, 4.69) is 32.9 Å². The van der Waals surface area contributed by atoms with E-state index >= 15 is 0 Å². The van der Waals surface area contributed by atoms with Crippen LogP contribution in [0.3, 0.4) is 0 Å². The fraction of sp³-hybridized carbons (Fsp3) is 0.400. The number of hydrogen-bond donors (Lipinski definition) is 3. The molecule has 0 unspecified atom stereocenters. The lowest BCUT2D eigenvalue weighted by atomic mass is 10.1. The highest BCUT2D eigenvalue weighted by atomic mass is 127. The van der Waals surface area contributed by atoms with Crippen molar-refractivity contribution in [2.75, 3.05) is 26.7 Å². The predicted molar refractivity (Wildman–Crippen MR) is 129 cm³/mol. The molecule has 0 saturated carbocycles. The van der Waals surface area contributed by atoms with Gasteiger partial charge in [0.2, 0.25) is 5.91 Å². The minimum atomic E-state index is -0.119. The second kappa shape index (κ2) is 11.8. The molecule has 1 aromatic carbocycles. The van der Waals surface area contributed by atoms with E-state index in [1.165, 1.54) is 4.88 Å². The molecule has 8 nitrogen and oxygen atoms in total. The Hall–Kier alpha value is -2.21. The first-order valence-electron chi connectivity index (χ1n) is 9.62.